The standard InChI is InChI=1S/C17H17ClFN3O2S/c1-10-3-4-11(2)15(7-10)24-9-16(23)21-22-17(25)20-12-5-6-14(19)13(18)8-12/h3-8H,9H2,1-2H3,(H,21,23)(H2,20,22,25). The molecule has 132 valence electrons. The first-order valence-corrected chi connectivity index (χ1v) is 8.14. The molecule has 2 aromatic carbocycles. The van der Waals surface area contributed by atoms with Crippen LogP contribution in [0.4, 0.5) is 10.1 Å². The van der Waals surface area contributed by atoms with Crippen molar-refractivity contribution >= 4 is 40.5 Å². The molecular formula is C17H17ClFN3O2S. The smallest absolute Gasteiger partial charge is 0.276 e. The SMILES string of the molecule is Cc1ccc(C)c(OCC(=O)NNC(=S)Nc2ccc(F)c(Cl)c2)c1. The molecule has 0 aliphatic carbocycles. The maximum atomic E-state index is 13.1. The Morgan fingerprint density at radius 3 is 2.68 bits per heavy atom. The Kier molecular flexibility index (Phi) is 6.55. The van der Waals surface area contributed by atoms with Crippen molar-refractivity contribution in [3.63, 3.8) is 0 Å². The summed E-state index contributed by atoms with van der Waals surface area (Å²) in [4.78, 5) is 11.8. The molecule has 25 heavy (non-hydrogen) atoms. The number of hydrogen-bond acceptors (Lipinski definition) is 3. The van der Waals surface area contributed by atoms with Gasteiger partial charge in [0.2, 0.25) is 0 Å². The molecular weight excluding hydrogens is 365 g/mol. The minimum absolute atomic E-state index is 0.0289. The van der Waals surface area contributed by atoms with E-state index in [2.05, 4.69) is 16.2 Å². The summed E-state index contributed by atoms with van der Waals surface area (Å²) < 4.78 is 18.6. The highest BCUT2D eigenvalue weighted by Gasteiger charge is 2.07. The van der Waals surface area contributed by atoms with Crippen molar-refractivity contribution in [2.45, 2.75) is 13.8 Å². The molecule has 0 atom stereocenters. The van der Waals surface area contributed by atoms with Crippen molar-refractivity contribution in [3.8, 4) is 5.75 Å². The number of halogens is 2. The molecule has 2 aromatic rings. The van der Waals surface area contributed by atoms with Gasteiger partial charge in [-0.25, -0.2) is 4.39 Å². The maximum Gasteiger partial charge on any atom is 0.276 e. The average Bonchev–Trinajstić information content (AvgIpc) is 2.57. The zero-order chi connectivity index (χ0) is 18.4. The van der Waals surface area contributed by atoms with Gasteiger partial charge in [0.25, 0.3) is 5.91 Å². The van der Waals surface area contributed by atoms with Crippen LogP contribution in [-0.4, -0.2) is 17.6 Å². The molecule has 0 spiro atoms. The quantitative estimate of drug-likeness (QED) is 0.559. The van der Waals surface area contributed by atoms with Crippen LogP contribution in [0.15, 0.2) is 36.4 Å². The second-order valence-corrected chi connectivity index (χ2v) is 6.13. The lowest BCUT2D eigenvalue weighted by atomic mass is 10.1. The first-order chi connectivity index (χ1) is 11.8. The van der Waals surface area contributed by atoms with Gasteiger partial charge in [-0.2, -0.15) is 0 Å². The normalized spacial score (nSPS) is 10.1. The van der Waals surface area contributed by atoms with Gasteiger partial charge in [-0.1, -0.05) is 23.7 Å². The fourth-order valence-corrected chi connectivity index (χ4v) is 2.25. The lowest BCUT2D eigenvalue weighted by molar-refractivity contribution is -0.123. The molecule has 0 saturated heterocycles. The van der Waals surface area contributed by atoms with Crippen molar-refractivity contribution in [2.24, 2.45) is 0 Å². The first kappa shape index (κ1) is 19.0. The predicted octanol–water partition coefficient (Wildman–Crippen LogP) is 3.49. The highest BCUT2D eigenvalue weighted by molar-refractivity contribution is 7.80. The Morgan fingerprint density at radius 1 is 1.20 bits per heavy atom. The van der Waals surface area contributed by atoms with Gasteiger partial charge in [-0.05, 0) is 61.5 Å². The Hall–Kier alpha value is -2.38. The van der Waals surface area contributed by atoms with E-state index in [-0.39, 0.29) is 16.7 Å². The molecule has 0 fully saturated rings. The van der Waals surface area contributed by atoms with Crippen LogP contribution < -0.4 is 20.9 Å². The monoisotopic (exact) mass is 381 g/mol. The summed E-state index contributed by atoms with van der Waals surface area (Å²) in [6, 6.07) is 9.82. The number of hydrogen-bond donors (Lipinski definition) is 3. The summed E-state index contributed by atoms with van der Waals surface area (Å²) in [6.45, 7) is 3.68. The highest BCUT2D eigenvalue weighted by atomic mass is 35.5. The number of nitrogens with one attached hydrogen (secondary N) is 3. The van der Waals surface area contributed by atoms with Gasteiger partial charge in [0, 0.05) is 5.69 Å². The third-order valence-corrected chi connectivity index (χ3v) is 3.69. The first-order valence-electron chi connectivity index (χ1n) is 7.36. The zero-order valence-electron chi connectivity index (χ0n) is 13.7. The number of carbonyl (C=O) groups is 1. The molecule has 8 heteroatoms. The zero-order valence-corrected chi connectivity index (χ0v) is 15.2. The van der Waals surface area contributed by atoms with E-state index in [9.17, 15) is 9.18 Å². The van der Waals surface area contributed by atoms with Crippen LogP contribution in [0.3, 0.4) is 0 Å². The van der Waals surface area contributed by atoms with Crippen molar-refractivity contribution in [2.75, 3.05) is 11.9 Å². The molecule has 3 N–H and O–H groups in total. The fourth-order valence-electron chi connectivity index (χ4n) is 1.90. The Balaban J connectivity index is 1.78. The van der Waals surface area contributed by atoms with Gasteiger partial charge in [0.1, 0.15) is 11.6 Å². The molecule has 0 unspecified atom stereocenters. The van der Waals surface area contributed by atoms with E-state index in [1.807, 2.05) is 32.0 Å². The van der Waals surface area contributed by atoms with Crippen LogP contribution >= 0.6 is 23.8 Å². The molecule has 0 heterocycles. The van der Waals surface area contributed by atoms with Gasteiger partial charge < -0.3 is 10.1 Å². The summed E-state index contributed by atoms with van der Waals surface area (Å²) in [5, 5.41) is 2.87. The molecule has 0 bridgehead atoms. The van der Waals surface area contributed by atoms with E-state index < -0.39 is 11.7 Å². The summed E-state index contributed by atoms with van der Waals surface area (Å²) in [5.41, 5.74) is 7.42. The summed E-state index contributed by atoms with van der Waals surface area (Å²) in [6.07, 6.45) is 0. The minimum atomic E-state index is -0.525. The van der Waals surface area contributed by atoms with Crippen molar-refractivity contribution in [3.05, 3.63) is 58.4 Å². The lowest BCUT2D eigenvalue weighted by Crippen LogP contribution is -2.45. The molecule has 1 amide bonds. The van der Waals surface area contributed by atoms with Crippen LogP contribution in [0, 0.1) is 19.7 Å². The van der Waals surface area contributed by atoms with Crippen LogP contribution in [-0.2, 0) is 4.79 Å². The molecule has 0 aliphatic heterocycles. The summed E-state index contributed by atoms with van der Waals surface area (Å²) >= 11 is 10.7. The molecule has 0 aromatic heterocycles. The van der Waals surface area contributed by atoms with Crippen LogP contribution in [0.25, 0.3) is 0 Å². The maximum absolute atomic E-state index is 13.1. The number of rotatable bonds is 4. The summed E-state index contributed by atoms with van der Waals surface area (Å²) in [5.74, 6) is -0.276. The molecule has 0 saturated carbocycles. The van der Waals surface area contributed by atoms with Crippen molar-refractivity contribution < 1.29 is 13.9 Å². The fraction of sp³-hybridized carbons (Fsp3) is 0.176. The number of hydrazine groups is 1. The number of aryl methyl sites for hydroxylation is 2. The third kappa shape index (κ3) is 5.88. The second kappa shape index (κ2) is 8.64. The Labute approximate surface area is 155 Å². The number of anilines is 1. The average molecular weight is 382 g/mol. The van der Waals surface area contributed by atoms with Crippen LogP contribution in [0.5, 0.6) is 5.75 Å². The van der Waals surface area contributed by atoms with E-state index in [1.54, 1.807) is 0 Å². The molecule has 0 radical (unpaired) electrons. The number of thiocarbonyl (C=S) groups is 1. The number of carbonyl (C=O) groups excluding carboxylic acids is 1. The Bertz CT molecular complexity index is 801. The molecule has 0 aliphatic rings. The highest BCUT2D eigenvalue weighted by Crippen LogP contribution is 2.19. The molecule has 5 nitrogen and oxygen atoms in total. The van der Waals surface area contributed by atoms with Crippen molar-refractivity contribution in [1.29, 1.82) is 0 Å². The van der Waals surface area contributed by atoms with Gasteiger partial charge >= 0.3 is 0 Å². The van der Waals surface area contributed by atoms with Crippen LogP contribution in [0.1, 0.15) is 11.1 Å². The Morgan fingerprint density at radius 2 is 1.96 bits per heavy atom. The van der Waals surface area contributed by atoms with E-state index in [0.717, 1.165) is 11.1 Å². The number of benzene rings is 2. The van der Waals surface area contributed by atoms with Gasteiger partial charge in [0.15, 0.2) is 11.7 Å². The predicted molar refractivity (Wildman–Crippen MR) is 100 cm³/mol. The minimum Gasteiger partial charge on any atom is -0.483 e. The number of ether oxygens (including phenoxy) is 1. The topological polar surface area (TPSA) is 62.4 Å². The number of amides is 1. The largest absolute Gasteiger partial charge is 0.483 e. The second-order valence-electron chi connectivity index (χ2n) is 5.31. The third-order valence-electron chi connectivity index (χ3n) is 3.20. The molecule has 2 rings (SSSR count). The van der Waals surface area contributed by atoms with E-state index >= 15 is 0 Å². The van der Waals surface area contributed by atoms with Gasteiger partial charge in [-0.3, -0.25) is 15.6 Å². The van der Waals surface area contributed by atoms with E-state index in [4.69, 9.17) is 28.6 Å². The van der Waals surface area contributed by atoms with E-state index in [1.165, 1.54) is 18.2 Å². The van der Waals surface area contributed by atoms with Crippen LogP contribution in [0.2, 0.25) is 5.02 Å². The lowest BCUT2D eigenvalue weighted by Gasteiger charge is -2.13. The van der Waals surface area contributed by atoms with Crippen molar-refractivity contribution in [1.82, 2.24) is 10.9 Å². The van der Waals surface area contributed by atoms with Gasteiger partial charge in [0.05, 0.1) is 5.02 Å². The van der Waals surface area contributed by atoms with E-state index in [0.29, 0.717) is 11.4 Å². The summed E-state index contributed by atoms with van der Waals surface area (Å²) in [7, 11) is 0. The van der Waals surface area contributed by atoms with Gasteiger partial charge in [-0.15, -0.1) is 0 Å².